The van der Waals surface area contributed by atoms with Gasteiger partial charge < -0.3 is 9.64 Å². The first-order valence-corrected chi connectivity index (χ1v) is 7.93. The molecule has 1 fully saturated rings. The van der Waals surface area contributed by atoms with Crippen molar-refractivity contribution in [2.45, 2.75) is 40.7 Å². The van der Waals surface area contributed by atoms with Crippen LogP contribution < -0.4 is 9.64 Å². The summed E-state index contributed by atoms with van der Waals surface area (Å²) >= 11 is 0. The summed E-state index contributed by atoms with van der Waals surface area (Å²) in [5.41, 5.74) is 0.173. The highest BCUT2D eigenvalue weighted by Crippen LogP contribution is 2.22. The van der Waals surface area contributed by atoms with Crippen LogP contribution in [0.1, 0.15) is 34.6 Å². The third-order valence-electron chi connectivity index (χ3n) is 3.76. The fourth-order valence-electron chi connectivity index (χ4n) is 2.43. The van der Waals surface area contributed by atoms with E-state index in [4.69, 9.17) is 4.74 Å². The van der Waals surface area contributed by atoms with E-state index in [1.165, 1.54) is 0 Å². The fourth-order valence-corrected chi connectivity index (χ4v) is 2.43. The molecular weight excluding hydrogens is 262 g/mol. The highest BCUT2D eigenvalue weighted by Gasteiger charge is 2.20. The van der Waals surface area contributed by atoms with Gasteiger partial charge in [0.15, 0.2) is 0 Å². The number of hydrogen-bond donors (Lipinski definition) is 0. The fraction of sp³-hybridized carbons (Fsp3) is 0.706. The maximum absolute atomic E-state index is 5.88. The van der Waals surface area contributed by atoms with Crippen LogP contribution in [0, 0.1) is 5.41 Å². The van der Waals surface area contributed by atoms with Crippen molar-refractivity contribution >= 4 is 5.82 Å². The molecule has 21 heavy (non-hydrogen) atoms. The van der Waals surface area contributed by atoms with Gasteiger partial charge in [-0.2, -0.15) is 0 Å². The molecule has 0 aromatic carbocycles. The lowest BCUT2D eigenvalue weighted by atomic mass is 9.99. The van der Waals surface area contributed by atoms with Crippen LogP contribution in [0.25, 0.3) is 0 Å². The number of ether oxygens (including phenoxy) is 1. The van der Waals surface area contributed by atoms with E-state index in [1.807, 2.05) is 12.3 Å². The zero-order valence-electron chi connectivity index (χ0n) is 14.1. The summed E-state index contributed by atoms with van der Waals surface area (Å²) in [6.45, 7) is 16.1. The van der Waals surface area contributed by atoms with E-state index < -0.39 is 0 Å². The molecule has 4 nitrogen and oxygen atoms in total. The van der Waals surface area contributed by atoms with Gasteiger partial charge in [0.25, 0.3) is 0 Å². The summed E-state index contributed by atoms with van der Waals surface area (Å²) in [4.78, 5) is 9.37. The van der Waals surface area contributed by atoms with Crippen molar-refractivity contribution in [2.75, 3.05) is 37.7 Å². The average molecular weight is 291 g/mol. The van der Waals surface area contributed by atoms with E-state index >= 15 is 0 Å². The van der Waals surface area contributed by atoms with Gasteiger partial charge in [-0.05, 0) is 25.3 Å². The molecule has 0 aliphatic carbocycles. The zero-order valence-corrected chi connectivity index (χ0v) is 14.1. The first kappa shape index (κ1) is 16.1. The number of nitrogens with zero attached hydrogens (tertiary/aromatic N) is 3. The number of anilines is 1. The smallest absolute Gasteiger partial charge is 0.132 e. The lowest BCUT2D eigenvalue weighted by Gasteiger charge is -2.37. The lowest BCUT2D eigenvalue weighted by Crippen LogP contribution is -2.49. The largest absolute Gasteiger partial charge is 0.493 e. The number of hydrogen-bond acceptors (Lipinski definition) is 4. The molecule has 2 rings (SSSR count). The van der Waals surface area contributed by atoms with Gasteiger partial charge >= 0.3 is 0 Å². The van der Waals surface area contributed by atoms with Crippen LogP contribution in [0.4, 0.5) is 5.82 Å². The van der Waals surface area contributed by atoms with Crippen LogP contribution in [0.5, 0.6) is 5.75 Å². The van der Waals surface area contributed by atoms with Crippen molar-refractivity contribution in [3.63, 3.8) is 0 Å². The third kappa shape index (κ3) is 4.88. The Bertz CT molecular complexity index is 446. The average Bonchev–Trinajstić information content (AvgIpc) is 2.45. The summed E-state index contributed by atoms with van der Waals surface area (Å²) in [5, 5.41) is 0. The predicted octanol–water partition coefficient (Wildman–Crippen LogP) is 3.04. The maximum atomic E-state index is 5.88. The number of piperazine rings is 1. The van der Waals surface area contributed by atoms with E-state index in [0.29, 0.717) is 6.04 Å². The van der Waals surface area contributed by atoms with Gasteiger partial charge in [-0.15, -0.1) is 0 Å². The quantitative estimate of drug-likeness (QED) is 0.852. The summed E-state index contributed by atoms with van der Waals surface area (Å²) in [7, 11) is 0. The van der Waals surface area contributed by atoms with Gasteiger partial charge in [0.05, 0.1) is 6.61 Å². The Morgan fingerprint density at radius 2 is 1.86 bits per heavy atom. The van der Waals surface area contributed by atoms with Crippen LogP contribution in [-0.2, 0) is 0 Å². The molecular formula is C17H29N3O. The Morgan fingerprint density at radius 1 is 1.19 bits per heavy atom. The summed E-state index contributed by atoms with van der Waals surface area (Å²) < 4.78 is 5.88. The highest BCUT2D eigenvalue weighted by atomic mass is 16.5. The van der Waals surface area contributed by atoms with E-state index in [0.717, 1.165) is 44.4 Å². The lowest BCUT2D eigenvalue weighted by molar-refractivity contribution is 0.197. The van der Waals surface area contributed by atoms with Gasteiger partial charge in [0.2, 0.25) is 0 Å². The molecule has 0 radical (unpaired) electrons. The van der Waals surface area contributed by atoms with Gasteiger partial charge in [-0.3, -0.25) is 4.90 Å². The molecule has 1 aromatic heterocycles. The molecule has 2 heterocycles. The van der Waals surface area contributed by atoms with Crippen molar-refractivity contribution in [3.05, 3.63) is 18.3 Å². The van der Waals surface area contributed by atoms with Crippen LogP contribution >= 0.6 is 0 Å². The van der Waals surface area contributed by atoms with Gasteiger partial charge in [-0.25, -0.2) is 4.98 Å². The Kier molecular flexibility index (Phi) is 5.09. The van der Waals surface area contributed by atoms with Crippen LogP contribution in [-0.4, -0.2) is 48.7 Å². The minimum atomic E-state index is 0.173. The molecule has 1 aliphatic rings. The minimum absolute atomic E-state index is 0.173. The number of pyridine rings is 1. The molecule has 1 aromatic rings. The summed E-state index contributed by atoms with van der Waals surface area (Å²) in [6, 6.07) is 4.64. The molecule has 0 unspecified atom stereocenters. The van der Waals surface area contributed by atoms with E-state index in [2.05, 4.69) is 55.5 Å². The SMILES string of the molecule is CC(C)N1CCN(c2cc(OCC(C)(C)C)ccn2)CC1. The Morgan fingerprint density at radius 3 is 2.43 bits per heavy atom. The van der Waals surface area contributed by atoms with Crippen molar-refractivity contribution in [3.8, 4) is 5.75 Å². The second-order valence-electron chi connectivity index (χ2n) is 7.32. The van der Waals surface area contributed by atoms with E-state index in [1.54, 1.807) is 0 Å². The Labute approximate surface area is 129 Å². The molecule has 0 spiro atoms. The highest BCUT2D eigenvalue weighted by molar-refractivity contribution is 5.44. The van der Waals surface area contributed by atoms with E-state index in [9.17, 15) is 0 Å². The topological polar surface area (TPSA) is 28.6 Å². The molecule has 0 bridgehead atoms. The summed E-state index contributed by atoms with van der Waals surface area (Å²) in [6.07, 6.45) is 1.85. The number of rotatable bonds is 4. The molecule has 118 valence electrons. The molecule has 4 heteroatoms. The van der Waals surface area contributed by atoms with Crippen LogP contribution in [0.15, 0.2) is 18.3 Å². The molecule has 1 aliphatic heterocycles. The number of aromatic nitrogens is 1. The molecule has 0 N–H and O–H groups in total. The Balaban J connectivity index is 1.95. The van der Waals surface area contributed by atoms with Crippen molar-refractivity contribution in [2.24, 2.45) is 5.41 Å². The Hall–Kier alpha value is -1.29. The minimum Gasteiger partial charge on any atom is -0.493 e. The second kappa shape index (κ2) is 6.65. The zero-order chi connectivity index (χ0) is 15.5. The van der Waals surface area contributed by atoms with Crippen molar-refractivity contribution < 1.29 is 4.74 Å². The normalized spacial score (nSPS) is 17.3. The van der Waals surface area contributed by atoms with Gasteiger partial charge in [0, 0.05) is 44.5 Å². The monoisotopic (exact) mass is 291 g/mol. The van der Waals surface area contributed by atoms with Crippen molar-refractivity contribution in [1.29, 1.82) is 0 Å². The first-order chi connectivity index (χ1) is 9.85. The molecule has 0 saturated carbocycles. The van der Waals surface area contributed by atoms with Crippen molar-refractivity contribution in [1.82, 2.24) is 9.88 Å². The maximum Gasteiger partial charge on any atom is 0.132 e. The molecule has 0 amide bonds. The first-order valence-electron chi connectivity index (χ1n) is 7.93. The predicted molar refractivity (Wildman–Crippen MR) is 88.1 cm³/mol. The standard InChI is InChI=1S/C17H29N3O/c1-14(2)19-8-10-20(11-9-19)16-12-15(6-7-18-16)21-13-17(3,4)5/h6-7,12,14H,8-11,13H2,1-5H3. The van der Waals surface area contributed by atoms with Gasteiger partial charge in [0.1, 0.15) is 11.6 Å². The van der Waals surface area contributed by atoms with Crippen LogP contribution in [0.3, 0.4) is 0 Å². The summed E-state index contributed by atoms with van der Waals surface area (Å²) in [5.74, 6) is 1.95. The van der Waals surface area contributed by atoms with Crippen LogP contribution in [0.2, 0.25) is 0 Å². The third-order valence-corrected chi connectivity index (χ3v) is 3.76. The second-order valence-corrected chi connectivity index (χ2v) is 7.32. The van der Waals surface area contributed by atoms with Gasteiger partial charge in [-0.1, -0.05) is 20.8 Å². The molecule has 0 atom stereocenters. The molecule has 1 saturated heterocycles. The van der Waals surface area contributed by atoms with E-state index in [-0.39, 0.29) is 5.41 Å².